The van der Waals surface area contributed by atoms with Gasteiger partial charge in [0.25, 0.3) is 0 Å². The van der Waals surface area contributed by atoms with Crippen molar-refractivity contribution in [3.8, 4) is 0 Å². The molecule has 1 aromatic rings. The zero-order chi connectivity index (χ0) is 16.6. The second-order valence-corrected chi connectivity index (χ2v) is 7.15. The molecule has 0 bridgehead atoms. The van der Waals surface area contributed by atoms with E-state index in [0.29, 0.717) is 17.7 Å². The third-order valence-corrected chi connectivity index (χ3v) is 5.33. The summed E-state index contributed by atoms with van der Waals surface area (Å²) in [5, 5.41) is -0.631. The average molecular weight is 322 g/mol. The Balaban J connectivity index is 2.65. The third-order valence-electron chi connectivity index (χ3n) is 3.18. The maximum atomic E-state index is 12.5. The Labute approximate surface area is 132 Å². The molecular formula is C17H22O4S. The molecule has 0 aliphatic heterocycles. The lowest BCUT2D eigenvalue weighted by Crippen LogP contribution is -2.18. The maximum absolute atomic E-state index is 12.5. The van der Waals surface area contributed by atoms with E-state index in [9.17, 15) is 13.2 Å². The van der Waals surface area contributed by atoms with Crippen LogP contribution in [0.4, 0.5) is 0 Å². The summed E-state index contributed by atoms with van der Waals surface area (Å²) < 4.78 is 29.8. The smallest absolute Gasteiger partial charge is 0.302 e. The van der Waals surface area contributed by atoms with Crippen LogP contribution in [-0.4, -0.2) is 26.2 Å². The average Bonchev–Trinajstić information content (AvgIpc) is 2.46. The molecule has 0 saturated carbocycles. The van der Waals surface area contributed by atoms with Gasteiger partial charge in [0.15, 0.2) is 9.84 Å². The number of esters is 1. The molecule has 0 amide bonds. The van der Waals surface area contributed by atoms with E-state index in [1.54, 1.807) is 30.3 Å². The van der Waals surface area contributed by atoms with Crippen molar-refractivity contribution in [2.75, 3.05) is 6.61 Å². The summed E-state index contributed by atoms with van der Waals surface area (Å²) in [6.45, 7) is 7.10. The monoisotopic (exact) mass is 322 g/mol. The third kappa shape index (κ3) is 5.48. The number of ether oxygens (including phenoxy) is 1. The van der Waals surface area contributed by atoms with E-state index in [4.69, 9.17) is 4.74 Å². The number of allylic oxidation sites excluding steroid dienone is 1. The number of hydrogen-bond donors (Lipinski definition) is 0. The molecule has 0 N–H and O–H groups in total. The van der Waals surface area contributed by atoms with E-state index in [1.165, 1.54) is 13.0 Å². The molecule has 1 rings (SSSR count). The Morgan fingerprint density at radius 1 is 1.27 bits per heavy atom. The zero-order valence-electron chi connectivity index (χ0n) is 13.0. The summed E-state index contributed by atoms with van der Waals surface area (Å²) >= 11 is 0. The molecule has 4 nitrogen and oxygen atoms in total. The van der Waals surface area contributed by atoms with Gasteiger partial charge in [0.2, 0.25) is 0 Å². The molecule has 22 heavy (non-hydrogen) atoms. The summed E-state index contributed by atoms with van der Waals surface area (Å²) in [4.78, 5) is 10.9. The van der Waals surface area contributed by atoms with Gasteiger partial charge in [-0.15, -0.1) is 6.58 Å². The Bertz CT molecular complexity index is 627. The fourth-order valence-electron chi connectivity index (χ4n) is 1.91. The van der Waals surface area contributed by atoms with Crippen molar-refractivity contribution in [3.63, 3.8) is 0 Å². The van der Waals surface area contributed by atoms with E-state index in [2.05, 4.69) is 6.58 Å². The SMILES string of the molecule is C=C[C@H](CC/C=C/COC(C)=O)S(=O)(=O)c1ccc(C)cc1. The number of rotatable bonds is 8. The number of sulfone groups is 1. The minimum Gasteiger partial charge on any atom is -0.462 e. The van der Waals surface area contributed by atoms with E-state index < -0.39 is 15.1 Å². The van der Waals surface area contributed by atoms with Gasteiger partial charge >= 0.3 is 5.97 Å². The highest BCUT2D eigenvalue weighted by molar-refractivity contribution is 7.92. The van der Waals surface area contributed by atoms with Gasteiger partial charge in [-0.2, -0.15) is 0 Å². The van der Waals surface area contributed by atoms with Crippen molar-refractivity contribution in [2.24, 2.45) is 0 Å². The van der Waals surface area contributed by atoms with Gasteiger partial charge in [-0.3, -0.25) is 4.79 Å². The first kappa shape index (κ1) is 18.2. The molecular weight excluding hydrogens is 300 g/mol. The first-order valence-electron chi connectivity index (χ1n) is 7.09. The predicted octanol–water partition coefficient (Wildman–Crippen LogP) is 3.22. The van der Waals surface area contributed by atoms with Crippen LogP contribution in [0.15, 0.2) is 54.0 Å². The Hall–Kier alpha value is -1.88. The van der Waals surface area contributed by atoms with Gasteiger partial charge in [-0.25, -0.2) is 8.42 Å². The summed E-state index contributed by atoms with van der Waals surface area (Å²) in [6.07, 6.45) is 6.00. The molecule has 120 valence electrons. The quantitative estimate of drug-likeness (QED) is 0.544. The van der Waals surface area contributed by atoms with Crippen LogP contribution in [0, 0.1) is 6.92 Å². The number of benzene rings is 1. The number of carbonyl (C=O) groups excluding carboxylic acids is 1. The van der Waals surface area contributed by atoms with Crippen LogP contribution >= 0.6 is 0 Å². The molecule has 0 radical (unpaired) electrons. The van der Waals surface area contributed by atoms with Crippen LogP contribution in [0.25, 0.3) is 0 Å². The van der Waals surface area contributed by atoms with Crippen molar-refractivity contribution < 1.29 is 17.9 Å². The fourth-order valence-corrected chi connectivity index (χ4v) is 3.48. The van der Waals surface area contributed by atoms with Gasteiger partial charge in [0.05, 0.1) is 10.1 Å². The van der Waals surface area contributed by atoms with Gasteiger partial charge in [0.1, 0.15) is 6.61 Å². The highest BCUT2D eigenvalue weighted by Crippen LogP contribution is 2.21. The zero-order valence-corrected chi connectivity index (χ0v) is 13.8. The van der Waals surface area contributed by atoms with E-state index in [-0.39, 0.29) is 12.6 Å². The van der Waals surface area contributed by atoms with Gasteiger partial charge in [-0.05, 0) is 31.9 Å². The van der Waals surface area contributed by atoms with Crippen LogP contribution in [0.5, 0.6) is 0 Å². The lowest BCUT2D eigenvalue weighted by Gasteiger charge is -2.13. The Morgan fingerprint density at radius 3 is 2.45 bits per heavy atom. The Kier molecular flexibility index (Phi) is 7.05. The Morgan fingerprint density at radius 2 is 1.91 bits per heavy atom. The molecule has 5 heteroatoms. The van der Waals surface area contributed by atoms with Crippen LogP contribution in [0.3, 0.4) is 0 Å². The van der Waals surface area contributed by atoms with Crippen molar-refractivity contribution >= 4 is 15.8 Å². The molecule has 0 unspecified atom stereocenters. The van der Waals surface area contributed by atoms with Crippen molar-refractivity contribution in [1.29, 1.82) is 0 Å². The topological polar surface area (TPSA) is 60.4 Å². The van der Waals surface area contributed by atoms with E-state index >= 15 is 0 Å². The van der Waals surface area contributed by atoms with Crippen LogP contribution in [0.1, 0.15) is 25.3 Å². The van der Waals surface area contributed by atoms with E-state index in [1.807, 2.05) is 13.0 Å². The summed E-state index contributed by atoms with van der Waals surface area (Å²) in [7, 11) is -3.41. The molecule has 0 spiro atoms. The summed E-state index contributed by atoms with van der Waals surface area (Å²) in [5.74, 6) is -0.337. The summed E-state index contributed by atoms with van der Waals surface area (Å²) in [5.41, 5.74) is 1.02. The standard InChI is InChI=1S/C17H22O4S/c1-4-16(8-6-5-7-13-21-15(3)18)22(19,20)17-11-9-14(2)10-12-17/h4-5,7,9-12,16H,1,6,8,13H2,2-3H3/b7-5+/t16-/m1/s1. The number of aryl methyl sites for hydroxylation is 1. The molecule has 0 saturated heterocycles. The minimum absolute atomic E-state index is 0.207. The highest BCUT2D eigenvalue weighted by Gasteiger charge is 2.23. The molecule has 0 aliphatic rings. The lowest BCUT2D eigenvalue weighted by molar-refractivity contribution is -0.139. The van der Waals surface area contributed by atoms with Crippen molar-refractivity contribution in [2.45, 2.75) is 36.8 Å². The van der Waals surface area contributed by atoms with Gasteiger partial charge < -0.3 is 4.74 Å². The second-order valence-electron chi connectivity index (χ2n) is 4.98. The first-order valence-corrected chi connectivity index (χ1v) is 8.64. The van der Waals surface area contributed by atoms with Crippen molar-refractivity contribution in [1.82, 2.24) is 0 Å². The largest absolute Gasteiger partial charge is 0.462 e. The summed E-state index contributed by atoms with van der Waals surface area (Å²) in [6, 6.07) is 6.81. The van der Waals surface area contributed by atoms with Crippen LogP contribution in [-0.2, 0) is 19.4 Å². The first-order chi connectivity index (χ1) is 10.4. The normalized spacial score (nSPS) is 13.0. The molecule has 0 fully saturated rings. The fraction of sp³-hybridized carbons (Fsp3) is 0.353. The molecule has 0 heterocycles. The van der Waals surface area contributed by atoms with E-state index in [0.717, 1.165) is 5.56 Å². The maximum Gasteiger partial charge on any atom is 0.302 e. The van der Waals surface area contributed by atoms with Gasteiger partial charge in [-0.1, -0.05) is 35.9 Å². The molecule has 1 atom stereocenters. The lowest BCUT2D eigenvalue weighted by atomic mass is 10.2. The molecule has 0 aromatic heterocycles. The molecule has 0 aliphatic carbocycles. The van der Waals surface area contributed by atoms with Crippen LogP contribution in [0.2, 0.25) is 0 Å². The molecule has 1 aromatic carbocycles. The van der Waals surface area contributed by atoms with Crippen LogP contribution < -0.4 is 0 Å². The second kappa shape index (κ2) is 8.54. The number of hydrogen-bond acceptors (Lipinski definition) is 4. The van der Waals surface area contributed by atoms with Gasteiger partial charge in [0, 0.05) is 6.92 Å². The predicted molar refractivity (Wildman–Crippen MR) is 87.4 cm³/mol. The highest BCUT2D eigenvalue weighted by atomic mass is 32.2. The minimum atomic E-state index is -3.41. The van der Waals surface area contributed by atoms with Crippen molar-refractivity contribution in [3.05, 3.63) is 54.6 Å². The number of carbonyl (C=O) groups is 1.